The number of carbonyl (C=O) groups is 1. The highest BCUT2D eigenvalue weighted by molar-refractivity contribution is 5.84. The summed E-state index contributed by atoms with van der Waals surface area (Å²) in [4.78, 5) is 16.8. The van der Waals surface area contributed by atoms with Crippen molar-refractivity contribution in [2.45, 2.75) is 38.4 Å². The molecule has 2 atom stereocenters. The molecular formula is C17H27N3O. The maximum atomic E-state index is 12.6. The molecule has 4 nitrogen and oxygen atoms in total. The minimum absolute atomic E-state index is 0.0254. The number of carbonyl (C=O) groups excluding carboxylic acids is 1. The van der Waals surface area contributed by atoms with Crippen molar-refractivity contribution in [2.75, 3.05) is 27.2 Å². The van der Waals surface area contributed by atoms with Crippen molar-refractivity contribution in [1.29, 1.82) is 0 Å². The van der Waals surface area contributed by atoms with Crippen LogP contribution in [0.5, 0.6) is 0 Å². The minimum Gasteiger partial charge on any atom is -0.322 e. The summed E-state index contributed by atoms with van der Waals surface area (Å²) >= 11 is 0. The number of nitrogens with one attached hydrogen (secondary N) is 1. The fraction of sp³-hybridized carbons (Fsp3) is 0.588. The maximum absolute atomic E-state index is 12.6. The summed E-state index contributed by atoms with van der Waals surface area (Å²) in [5, 5.41) is 3.51. The van der Waals surface area contributed by atoms with Gasteiger partial charge >= 0.3 is 0 Å². The summed E-state index contributed by atoms with van der Waals surface area (Å²) < 4.78 is 0. The molecule has 1 aliphatic rings. The molecule has 0 spiro atoms. The first kappa shape index (κ1) is 16.0. The van der Waals surface area contributed by atoms with E-state index in [4.69, 9.17) is 0 Å². The molecule has 1 fully saturated rings. The van der Waals surface area contributed by atoms with E-state index in [2.05, 4.69) is 43.4 Å². The zero-order valence-corrected chi connectivity index (χ0v) is 13.4. The Morgan fingerprint density at radius 1 is 1.24 bits per heavy atom. The first-order valence-electron chi connectivity index (χ1n) is 7.89. The zero-order chi connectivity index (χ0) is 15.2. The van der Waals surface area contributed by atoms with Gasteiger partial charge in [-0.3, -0.25) is 10.1 Å². The molecule has 21 heavy (non-hydrogen) atoms. The summed E-state index contributed by atoms with van der Waals surface area (Å²) in [6, 6.07) is 10.2. The van der Waals surface area contributed by atoms with Gasteiger partial charge in [0.2, 0.25) is 5.91 Å². The Hall–Kier alpha value is -1.39. The van der Waals surface area contributed by atoms with E-state index in [0.29, 0.717) is 0 Å². The maximum Gasteiger partial charge on any atom is 0.241 e. The smallest absolute Gasteiger partial charge is 0.241 e. The fourth-order valence-electron chi connectivity index (χ4n) is 2.88. The lowest BCUT2D eigenvalue weighted by Gasteiger charge is -2.25. The van der Waals surface area contributed by atoms with Crippen molar-refractivity contribution >= 4 is 5.91 Å². The van der Waals surface area contributed by atoms with Gasteiger partial charge in [0.05, 0.1) is 6.04 Å². The minimum atomic E-state index is -0.0282. The van der Waals surface area contributed by atoms with Crippen molar-refractivity contribution in [1.82, 2.24) is 15.1 Å². The van der Waals surface area contributed by atoms with Crippen molar-refractivity contribution in [3.05, 3.63) is 35.9 Å². The number of rotatable bonds is 7. The summed E-state index contributed by atoms with van der Waals surface area (Å²) in [7, 11) is 4.14. The lowest BCUT2D eigenvalue weighted by molar-refractivity contribution is -0.130. The normalized spacial score (nSPS) is 22.3. The summed E-state index contributed by atoms with van der Waals surface area (Å²) in [5.74, 6) is 0.254. The van der Waals surface area contributed by atoms with Gasteiger partial charge in [0, 0.05) is 6.54 Å². The second-order valence-electron chi connectivity index (χ2n) is 6.01. The van der Waals surface area contributed by atoms with Crippen molar-refractivity contribution in [3.8, 4) is 0 Å². The van der Waals surface area contributed by atoms with Gasteiger partial charge in [-0.15, -0.1) is 0 Å². The number of nitrogens with zero attached hydrogens (tertiary/aromatic N) is 2. The van der Waals surface area contributed by atoms with E-state index in [-0.39, 0.29) is 18.1 Å². The highest BCUT2D eigenvalue weighted by Gasteiger charge is 2.38. The number of hydrogen-bond acceptors (Lipinski definition) is 3. The van der Waals surface area contributed by atoms with Crippen molar-refractivity contribution in [2.24, 2.45) is 0 Å². The van der Waals surface area contributed by atoms with Gasteiger partial charge in [0.25, 0.3) is 0 Å². The zero-order valence-electron chi connectivity index (χ0n) is 13.4. The molecule has 1 N–H and O–H groups in total. The third kappa shape index (κ3) is 4.05. The molecule has 1 heterocycles. The molecule has 4 heteroatoms. The molecule has 1 saturated heterocycles. The van der Waals surface area contributed by atoms with Crippen LogP contribution in [0.1, 0.15) is 37.9 Å². The van der Waals surface area contributed by atoms with Gasteiger partial charge in [-0.25, -0.2) is 0 Å². The summed E-state index contributed by atoms with van der Waals surface area (Å²) in [5.41, 5.74) is 1.18. The topological polar surface area (TPSA) is 35.6 Å². The molecule has 2 unspecified atom stereocenters. The molecule has 1 aromatic rings. The molecule has 0 bridgehead atoms. The average Bonchev–Trinajstić information content (AvgIpc) is 2.78. The van der Waals surface area contributed by atoms with Crippen LogP contribution in [0.4, 0.5) is 0 Å². The largest absolute Gasteiger partial charge is 0.322 e. The van der Waals surface area contributed by atoms with E-state index in [9.17, 15) is 4.79 Å². The van der Waals surface area contributed by atoms with Crippen LogP contribution in [-0.2, 0) is 4.79 Å². The monoisotopic (exact) mass is 289 g/mol. The highest BCUT2D eigenvalue weighted by Crippen LogP contribution is 2.27. The van der Waals surface area contributed by atoms with E-state index in [1.54, 1.807) is 0 Å². The average molecular weight is 289 g/mol. The molecule has 0 aliphatic carbocycles. The molecule has 2 rings (SSSR count). The Kier molecular flexibility index (Phi) is 5.76. The second-order valence-corrected chi connectivity index (χ2v) is 6.01. The standard InChI is InChI=1S/C17H27N3O/c1-4-9-15-17(21)20(13-8-12-19(2)3)16(18-15)14-10-6-5-7-11-14/h5-7,10-11,15-16,18H,4,8-9,12-13H2,1-3H3. The molecule has 0 saturated carbocycles. The first-order chi connectivity index (χ1) is 10.1. The molecule has 0 radical (unpaired) electrons. The Balaban J connectivity index is 2.09. The highest BCUT2D eigenvalue weighted by atomic mass is 16.2. The summed E-state index contributed by atoms with van der Waals surface area (Å²) in [6.07, 6.45) is 2.96. The van der Waals surface area contributed by atoms with Crippen LogP contribution in [0, 0.1) is 0 Å². The van der Waals surface area contributed by atoms with Gasteiger partial charge in [-0.2, -0.15) is 0 Å². The van der Waals surface area contributed by atoms with Crippen molar-refractivity contribution < 1.29 is 4.79 Å². The van der Waals surface area contributed by atoms with Crippen LogP contribution < -0.4 is 5.32 Å². The van der Waals surface area contributed by atoms with Crippen molar-refractivity contribution in [3.63, 3.8) is 0 Å². The van der Waals surface area contributed by atoms with E-state index in [1.165, 1.54) is 5.56 Å². The van der Waals surface area contributed by atoms with Gasteiger partial charge in [0.15, 0.2) is 0 Å². The van der Waals surface area contributed by atoms with Crippen LogP contribution in [-0.4, -0.2) is 48.9 Å². The molecule has 0 aromatic heterocycles. The molecule has 116 valence electrons. The van der Waals surface area contributed by atoms with Gasteiger partial charge in [0.1, 0.15) is 6.17 Å². The quantitative estimate of drug-likeness (QED) is 0.836. The Morgan fingerprint density at radius 3 is 2.57 bits per heavy atom. The predicted octanol–water partition coefficient (Wildman–Crippen LogP) is 2.24. The predicted molar refractivity (Wildman–Crippen MR) is 85.9 cm³/mol. The number of benzene rings is 1. The van der Waals surface area contributed by atoms with E-state index in [1.807, 2.05) is 23.1 Å². The molecule has 1 aromatic carbocycles. The summed E-state index contributed by atoms with van der Waals surface area (Å²) in [6.45, 7) is 3.94. The van der Waals surface area contributed by atoms with Crippen LogP contribution in [0.15, 0.2) is 30.3 Å². The molecule has 1 aliphatic heterocycles. The second kappa shape index (κ2) is 7.57. The van der Waals surface area contributed by atoms with Crippen LogP contribution >= 0.6 is 0 Å². The Labute approximate surface area is 128 Å². The van der Waals surface area contributed by atoms with Crippen LogP contribution in [0.25, 0.3) is 0 Å². The van der Waals surface area contributed by atoms with Gasteiger partial charge in [-0.05, 0) is 39.0 Å². The SMILES string of the molecule is CCCC1NC(c2ccccc2)N(CCCN(C)C)C1=O. The first-order valence-corrected chi connectivity index (χ1v) is 7.89. The Morgan fingerprint density at radius 2 is 1.95 bits per heavy atom. The van der Waals surface area contributed by atoms with E-state index >= 15 is 0 Å². The van der Waals surface area contributed by atoms with Gasteiger partial charge < -0.3 is 9.80 Å². The van der Waals surface area contributed by atoms with E-state index < -0.39 is 0 Å². The molecule has 1 amide bonds. The molecular weight excluding hydrogens is 262 g/mol. The Bertz CT molecular complexity index is 447. The lowest BCUT2D eigenvalue weighted by Crippen LogP contribution is -2.33. The fourth-order valence-corrected chi connectivity index (χ4v) is 2.88. The van der Waals surface area contributed by atoms with E-state index in [0.717, 1.165) is 32.4 Å². The van der Waals surface area contributed by atoms with Gasteiger partial charge in [-0.1, -0.05) is 43.7 Å². The third-order valence-electron chi connectivity index (χ3n) is 3.95. The van der Waals surface area contributed by atoms with Crippen LogP contribution in [0.3, 0.4) is 0 Å². The third-order valence-corrected chi connectivity index (χ3v) is 3.95. The lowest BCUT2D eigenvalue weighted by atomic mass is 10.1. The number of amides is 1. The van der Waals surface area contributed by atoms with Crippen LogP contribution in [0.2, 0.25) is 0 Å². The number of hydrogen-bond donors (Lipinski definition) is 1.